The summed E-state index contributed by atoms with van der Waals surface area (Å²) in [7, 11) is 3.25. The molecule has 142 valence electrons. The van der Waals surface area contributed by atoms with Gasteiger partial charge in [0.1, 0.15) is 11.9 Å². The summed E-state index contributed by atoms with van der Waals surface area (Å²) >= 11 is 0. The Balaban J connectivity index is 2.39. The lowest BCUT2D eigenvalue weighted by Gasteiger charge is -2.15. The van der Waals surface area contributed by atoms with Crippen molar-refractivity contribution in [2.24, 2.45) is 0 Å². The van der Waals surface area contributed by atoms with Gasteiger partial charge in [0.05, 0.1) is 4.92 Å². The lowest BCUT2D eigenvalue weighted by molar-refractivity contribution is -0.385. The summed E-state index contributed by atoms with van der Waals surface area (Å²) in [4.78, 5) is 35.4. The van der Waals surface area contributed by atoms with Crippen molar-refractivity contribution in [2.75, 3.05) is 14.1 Å². The smallest absolute Gasteiger partial charge is 0.311 e. The monoisotopic (exact) mass is 372 g/mol. The Morgan fingerprint density at radius 2 is 1.85 bits per heavy atom. The molecule has 0 radical (unpaired) electrons. The molecule has 0 N–H and O–H groups in total. The van der Waals surface area contributed by atoms with Gasteiger partial charge in [-0.05, 0) is 42.8 Å². The average molecular weight is 372 g/mol. The number of esters is 1. The third-order valence-corrected chi connectivity index (χ3v) is 3.71. The molecule has 0 heterocycles. The van der Waals surface area contributed by atoms with E-state index in [0.29, 0.717) is 11.1 Å². The van der Waals surface area contributed by atoms with Gasteiger partial charge in [-0.1, -0.05) is 6.07 Å². The van der Waals surface area contributed by atoms with E-state index in [2.05, 4.69) is 0 Å². The Morgan fingerprint density at radius 3 is 2.44 bits per heavy atom. The SMILES string of the molecule is CC(=O)OC(C)c1ccc([N+](=O)[O-])c(Oc2cccc(C(=O)N(C)C)c2)c1. The predicted octanol–water partition coefficient (Wildman–Crippen LogP) is 3.71. The van der Waals surface area contributed by atoms with Gasteiger partial charge < -0.3 is 14.4 Å². The molecule has 1 unspecified atom stereocenters. The number of rotatable bonds is 6. The molecule has 8 heteroatoms. The average Bonchev–Trinajstić information content (AvgIpc) is 2.60. The van der Waals surface area contributed by atoms with E-state index in [1.807, 2.05) is 0 Å². The van der Waals surface area contributed by atoms with Crippen molar-refractivity contribution < 1.29 is 24.0 Å². The molecule has 0 spiro atoms. The number of ether oxygens (including phenoxy) is 2. The number of carbonyl (C=O) groups is 2. The second kappa shape index (κ2) is 8.31. The van der Waals surface area contributed by atoms with Gasteiger partial charge in [-0.15, -0.1) is 0 Å². The van der Waals surface area contributed by atoms with Gasteiger partial charge in [0, 0.05) is 32.6 Å². The molecule has 0 aromatic heterocycles. The van der Waals surface area contributed by atoms with Crippen LogP contribution in [0.25, 0.3) is 0 Å². The number of nitro benzene ring substituents is 1. The number of benzene rings is 2. The summed E-state index contributed by atoms with van der Waals surface area (Å²) in [5, 5.41) is 11.3. The molecule has 0 saturated heterocycles. The van der Waals surface area contributed by atoms with Crippen LogP contribution in [0.2, 0.25) is 0 Å². The molecule has 0 fully saturated rings. The van der Waals surface area contributed by atoms with E-state index in [-0.39, 0.29) is 23.1 Å². The largest absolute Gasteiger partial charge is 0.458 e. The van der Waals surface area contributed by atoms with Crippen LogP contribution in [-0.4, -0.2) is 35.8 Å². The topological polar surface area (TPSA) is 99.0 Å². The van der Waals surface area contributed by atoms with E-state index in [0.717, 1.165) is 0 Å². The molecule has 2 rings (SSSR count). The summed E-state index contributed by atoms with van der Waals surface area (Å²) in [5.41, 5.74) is 0.703. The first kappa shape index (κ1) is 19.9. The van der Waals surface area contributed by atoms with Crippen LogP contribution >= 0.6 is 0 Å². The second-order valence-electron chi connectivity index (χ2n) is 6.07. The van der Waals surface area contributed by atoms with Gasteiger partial charge in [0.2, 0.25) is 5.75 Å². The van der Waals surface area contributed by atoms with Crippen LogP contribution in [0.3, 0.4) is 0 Å². The highest BCUT2D eigenvalue weighted by atomic mass is 16.6. The zero-order valence-corrected chi connectivity index (χ0v) is 15.5. The van der Waals surface area contributed by atoms with Gasteiger partial charge in [0.15, 0.2) is 0 Å². The fourth-order valence-corrected chi connectivity index (χ4v) is 2.41. The molecule has 8 nitrogen and oxygen atoms in total. The summed E-state index contributed by atoms with van der Waals surface area (Å²) in [6.45, 7) is 2.94. The molecule has 1 atom stereocenters. The highest BCUT2D eigenvalue weighted by molar-refractivity contribution is 5.94. The van der Waals surface area contributed by atoms with Crippen molar-refractivity contribution >= 4 is 17.6 Å². The molecule has 0 saturated carbocycles. The Labute approximate surface area is 156 Å². The van der Waals surface area contributed by atoms with E-state index in [1.54, 1.807) is 39.2 Å². The first-order valence-electron chi connectivity index (χ1n) is 8.14. The van der Waals surface area contributed by atoms with Crippen molar-refractivity contribution in [3.05, 3.63) is 63.7 Å². The zero-order valence-electron chi connectivity index (χ0n) is 15.5. The van der Waals surface area contributed by atoms with Gasteiger partial charge in [-0.2, -0.15) is 0 Å². The molecular formula is C19H20N2O6. The van der Waals surface area contributed by atoms with Crippen LogP contribution in [0.5, 0.6) is 11.5 Å². The third-order valence-electron chi connectivity index (χ3n) is 3.71. The van der Waals surface area contributed by atoms with Crippen LogP contribution in [-0.2, 0) is 9.53 Å². The summed E-state index contributed by atoms with van der Waals surface area (Å²) in [6, 6.07) is 10.6. The maximum Gasteiger partial charge on any atom is 0.311 e. The van der Waals surface area contributed by atoms with Crippen LogP contribution in [0.15, 0.2) is 42.5 Å². The van der Waals surface area contributed by atoms with Crippen LogP contribution in [0, 0.1) is 10.1 Å². The molecule has 1 amide bonds. The Bertz CT molecular complexity index is 878. The van der Waals surface area contributed by atoms with E-state index in [1.165, 1.54) is 36.1 Å². The predicted molar refractivity (Wildman–Crippen MR) is 97.8 cm³/mol. The highest BCUT2D eigenvalue weighted by Gasteiger charge is 2.20. The Kier molecular flexibility index (Phi) is 6.12. The quantitative estimate of drug-likeness (QED) is 0.435. The van der Waals surface area contributed by atoms with Crippen molar-refractivity contribution in [1.29, 1.82) is 0 Å². The molecule has 27 heavy (non-hydrogen) atoms. The van der Waals surface area contributed by atoms with Crippen LogP contribution in [0.4, 0.5) is 5.69 Å². The number of nitrogens with zero attached hydrogens (tertiary/aromatic N) is 2. The highest BCUT2D eigenvalue weighted by Crippen LogP contribution is 2.34. The second-order valence-corrected chi connectivity index (χ2v) is 6.07. The molecule has 2 aromatic carbocycles. The molecular weight excluding hydrogens is 352 g/mol. The fourth-order valence-electron chi connectivity index (χ4n) is 2.41. The normalized spacial score (nSPS) is 11.4. The molecule has 2 aromatic rings. The lowest BCUT2D eigenvalue weighted by atomic mass is 10.1. The summed E-state index contributed by atoms with van der Waals surface area (Å²) in [5.74, 6) is -0.403. The maximum atomic E-state index is 12.1. The van der Waals surface area contributed by atoms with E-state index < -0.39 is 17.0 Å². The first-order valence-corrected chi connectivity index (χ1v) is 8.14. The minimum Gasteiger partial charge on any atom is -0.458 e. The molecule has 0 aliphatic carbocycles. The van der Waals surface area contributed by atoms with Gasteiger partial charge in [0.25, 0.3) is 5.91 Å². The van der Waals surface area contributed by atoms with Crippen molar-refractivity contribution in [2.45, 2.75) is 20.0 Å². The van der Waals surface area contributed by atoms with Gasteiger partial charge in [-0.25, -0.2) is 0 Å². The van der Waals surface area contributed by atoms with Crippen molar-refractivity contribution in [3.8, 4) is 11.5 Å². The van der Waals surface area contributed by atoms with Crippen molar-refractivity contribution in [1.82, 2.24) is 4.90 Å². The number of amides is 1. The minimum absolute atomic E-state index is 0.00838. The van der Waals surface area contributed by atoms with Crippen LogP contribution < -0.4 is 4.74 Å². The third kappa shape index (κ3) is 5.04. The number of hydrogen-bond donors (Lipinski definition) is 0. The number of hydrogen-bond acceptors (Lipinski definition) is 6. The molecule has 0 aliphatic heterocycles. The number of nitro groups is 1. The van der Waals surface area contributed by atoms with E-state index >= 15 is 0 Å². The zero-order chi connectivity index (χ0) is 20.1. The van der Waals surface area contributed by atoms with Crippen LogP contribution in [0.1, 0.15) is 35.9 Å². The molecule has 0 aliphatic rings. The minimum atomic E-state index is -0.590. The van der Waals surface area contributed by atoms with Gasteiger partial charge in [-0.3, -0.25) is 19.7 Å². The summed E-state index contributed by atoms with van der Waals surface area (Å²) < 4.78 is 10.8. The maximum absolute atomic E-state index is 12.1. The Hall–Kier alpha value is -3.42. The lowest BCUT2D eigenvalue weighted by Crippen LogP contribution is -2.21. The first-order chi connectivity index (χ1) is 12.7. The van der Waals surface area contributed by atoms with E-state index in [4.69, 9.17) is 9.47 Å². The van der Waals surface area contributed by atoms with E-state index in [9.17, 15) is 19.7 Å². The fraction of sp³-hybridized carbons (Fsp3) is 0.263. The standard InChI is InChI=1S/C19H20N2O6/c1-12(26-13(2)22)14-8-9-17(21(24)25)18(11-14)27-16-7-5-6-15(10-16)19(23)20(3)4/h5-12H,1-4H3. The van der Waals surface area contributed by atoms with Gasteiger partial charge >= 0.3 is 11.7 Å². The Morgan fingerprint density at radius 1 is 1.15 bits per heavy atom. The number of carbonyl (C=O) groups excluding carboxylic acids is 2. The molecule has 0 bridgehead atoms. The van der Waals surface area contributed by atoms with Crippen molar-refractivity contribution in [3.63, 3.8) is 0 Å². The summed E-state index contributed by atoms with van der Waals surface area (Å²) in [6.07, 6.45) is -0.590.